The van der Waals surface area contributed by atoms with Crippen LogP contribution in [0, 0.1) is 20.8 Å². The summed E-state index contributed by atoms with van der Waals surface area (Å²) in [7, 11) is 2.09. The van der Waals surface area contributed by atoms with Crippen molar-refractivity contribution in [2.75, 3.05) is 11.9 Å². The lowest BCUT2D eigenvalue weighted by atomic mass is 10.1. The van der Waals surface area contributed by atoms with Crippen LogP contribution in [0.25, 0.3) is 0 Å². The van der Waals surface area contributed by atoms with Crippen LogP contribution in [0.1, 0.15) is 21.6 Å². The molecule has 0 radical (unpaired) electrons. The number of rotatable bonds is 3. The Morgan fingerprint density at radius 1 is 1.24 bits per heavy atom. The second-order valence-corrected chi connectivity index (χ2v) is 5.75. The summed E-state index contributed by atoms with van der Waals surface area (Å²) in [5.74, 6) is 0. The second kappa shape index (κ2) is 4.88. The average molecular weight is 246 g/mol. The molecule has 0 saturated heterocycles. The normalized spacial score (nSPS) is 10.6. The molecule has 2 nitrogen and oxygen atoms in total. The third-order valence-electron chi connectivity index (χ3n) is 2.84. The lowest BCUT2D eigenvalue weighted by Gasteiger charge is -2.17. The number of thiazole rings is 1. The number of hydrogen-bond donors (Lipinski definition) is 0. The fourth-order valence-electron chi connectivity index (χ4n) is 1.87. The van der Waals surface area contributed by atoms with Crippen LogP contribution in [0.3, 0.4) is 0 Å². The summed E-state index contributed by atoms with van der Waals surface area (Å²) < 4.78 is 0. The molecule has 0 aliphatic carbocycles. The molecule has 0 aliphatic rings. The van der Waals surface area contributed by atoms with Gasteiger partial charge in [0.15, 0.2) is 5.13 Å². The third-order valence-corrected chi connectivity index (χ3v) is 3.87. The van der Waals surface area contributed by atoms with E-state index >= 15 is 0 Å². The van der Waals surface area contributed by atoms with E-state index in [1.165, 1.54) is 21.6 Å². The molecule has 1 heterocycles. The van der Waals surface area contributed by atoms with Crippen molar-refractivity contribution in [3.63, 3.8) is 0 Å². The van der Waals surface area contributed by atoms with Gasteiger partial charge in [-0.3, -0.25) is 0 Å². The predicted molar refractivity (Wildman–Crippen MR) is 74.9 cm³/mol. The number of benzene rings is 1. The van der Waals surface area contributed by atoms with E-state index in [-0.39, 0.29) is 0 Å². The van der Waals surface area contributed by atoms with Crippen molar-refractivity contribution in [1.82, 2.24) is 4.98 Å². The van der Waals surface area contributed by atoms with Crippen molar-refractivity contribution in [2.24, 2.45) is 0 Å². The topological polar surface area (TPSA) is 16.1 Å². The lowest BCUT2D eigenvalue weighted by Crippen LogP contribution is -2.16. The summed E-state index contributed by atoms with van der Waals surface area (Å²) >= 11 is 1.74. The number of hydrogen-bond acceptors (Lipinski definition) is 3. The van der Waals surface area contributed by atoms with Gasteiger partial charge in [-0.2, -0.15) is 0 Å². The summed E-state index contributed by atoms with van der Waals surface area (Å²) in [5.41, 5.74) is 4.04. The van der Waals surface area contributed by atoms with E-state index in [2.05, 4.69) is 55.9 Å². The molecule has 0 fully saturated rings. The van der Waals surface area contributed by atoms with Gasteiger partial charge in [-0.15, -0.1) is 11.3 Å². The first-order chi connectivity index (χ1) is 8.06. The van der Waals surface area contributed by atoms with Crippen LogP contribution in [-0.2, 0) is 6.54 Å². The van der Waals surface area contributed by atoms with Gasteiger partial charge in [0.05, 0.1) is 0 Å². The van der Waals surface area contributed by atoms with Crippen molar-refractivity contribution < 1.29 is 0 Å². The van der Waals surface area contributed by atoms with Gasteiger partial charge in [0.1, 0.15) is 0 Å². The van der Waals surface area contributed by atoms with Crippen LogP contribution in [-0.4, -0.2) is 12.0 Å². The summed E-state index contributed by atoms with van der Waals surface area (Å²) in [4.78, 5) is 7.86. The smallest absolute Gasteiger partial charge is 0.185 e. The molecule has 0 atom stereocenters. The van der Waals surface area contributed by atoms with Gasteiger partial charge in [-0.1, -0.05) is 23.8 Å². The molecule has 17 heavy (non-hydrogen) atoms. The van der Waals surface area contributed by atoms with Crippen molar-refractivity contribution in [2.45, 2.75) is 27.3 Å². The van der Waals surface area contributed by atoms with Gasteiger partial charge < -0.3 is 4.90 Å². The molecule has 1 aromatic heterocycles. The molecule has 1 aromatic carbocycles. The lowest BCUT2D eigenvalue weighted by molar-refractivity contribution is 0.905. The quantitative estimate of drug-likeness (QED) is 0.821. The molecule has 0 amide bonds. The van der Waals surface area contributed by atoms with Gasteiger partial charge in [-0.05, 0) is 31.9 Å². The summed E-state index contributed by atoms with van der Waals surface area (Å²) in [6.45, 7) is 7.30. The highest BCUT2D eigenvalue weighted by atomic mass is 32.1. The van der Waals surface area contributed by atoms with Crippen LogP contribution in [0.4, 0.5) is 5.13 Å². The van der Waals surface area contributed by atoms with Crippen LogP contribution in [0.2, 0.25) is 0 Å². The van der Waals surface area contributed by atoms with Crippen molar-refractivity contribution in [1.29, 1.82) is 0 Å². The van der Waals surface area contributed by atoms with E-state index in [9.17, 15) is 0 Å². The fourth-order valence-corrected chi connectivity index (χ4v) is 2.58. The zero-order valence-electron chi connectivity index (χ0n) is 10.8. The first kappa shape index (κ1) is 12.1. The Balaban J connectivity index is 2.15. The highest BCUT2D eigenvalue weighted by molar-refractivity contribution is 7.15. The Labute approximate surface area is 107 Å². The maximum Gasteiger partial charge on any atom is 0.185 e. The Morgan fingerprint density at radius 2 is 2.00 bits per heavy atom. The Hall–Kier alpha value is -1.35. The molecular weight excluding hydrogens is 228 g/mol. The van der Waals surface area contributed by atoms with Gasteiger partial charge >= 0.3 is 0 Å². The zero-order valence-corrected chi connectivity index (χ0v) is 11.6. The van der Waals surface area contributed by atoms with Gasteiger partial charge in [0.25, 0.3) is 0 Å². The SMILES string of the molecule is Cc1ccc(CN(C)c2ncc(C)s2)c(C)c1. The highest BCUT2D eigenvalue weighted by Gasteiger charge is 2.07. The number of nitrogens with zero attached hydrogens (tertiary/aromatic N) is 2. The number of aromatic nitrogens is 1. The van der Waals surface area contributed by atoms with Crippen LogP contribution < -0.4 is 4.90 Å². The molecule has 0 aliphatic heterocycles. The largest absolute Gasteiger partial charge is 0.347 e. The van der Waals surface area contributed by atoms with Crippen LogP contribution in [0.15, 0.2) is 24.4 Å². The van der Waals surface area contributed by atoms with E-state index in [4.69, 9.17) is 0 Å². The van der Waals surface area contributed by atoms with Crippen LogP contribution >= 0.6 is 11.3 Å². The Bertz CT molecular complexity index is 517. The standard InChI is InChI=1S/C14H18N2S/c1-10-5-6-13(11(2)7-10)9-16(4)14-15-8-12(3)17-14/h5-8H,9H2,1-4H3. The van der Waals surface area contributed by atoms with Gasteiger partial charge in [0, 0.05) is 24.7 Å². The molecule has 0 unspecified atom stereocenters. The molecule has 2 rings (SSSR count). The van der Waals surface area contributed by atoms with Crippen molar-refractivity contribution in [3.05, 3.63) is 46.0 Å². The van der Waals surface area contributed by atoms with E-state index in [1.54, 1.807) is 11.3 Å². The third kappa shape index (κ3) is 2.86. The summed E-state index contributed by atoms with van der Waals surface area (Å²) in [5, 5.41) is 1.09. The van der Waals surface area contributed by atoms with Crippen molar-refractivity contribution in [3.8, 4) is 0 Å². The predicted octanol–water partition coefficient (Wildman–Crippen LogP) is 3.70. The first-order valence-electron chi connectivity index (χ1n) is 5.76. The van der Waals surface area contributed by atoms with E-state index in [1.807, 2.05) is 6.20 Å². The van der Waals surface area contributed by atoms with Gasteiger partial charge in [-0.25, -0.2) is 4.98 Å². The molecule has 0 bridgehead atoms. The molecule has 0 spiro atoms. The first-order valence-corrected chi connectivity index (χ1v) is 6.57. The maximum absolute atomic E-state index is 4.40. The highest BCUT2D eigenvalue weighted by Crippen LogP contribution is 2.23. The maximum atomic E-state index is 4.40. The second-order valence-electron chi connectivity index (χ2n) is 4.54. The van der Waals surface area contributed by atoms with Crippen LogP contribution in [0.5, 0.6) is 0 Å². The fraction of sp³-hybridized carbons (Fsp3) is 0.357. The summed E-state index contributed by atoms with van der Waals surface area (Å²) in [6, 6.07) is 6.61. The molecule has 0 N–H and O–H groups in total. The molecule has 0 saturated carbocycles. The molecule has 90 valence electrons. The van der Waals surface area contributed by atoms with E-state index in [0.29, 0.717) is 0 Å². The van der Waals surface area contributed by atoms with Gasteiger partial charge in [0.2, 0.25) is 0 Å². The molecular formula is C14H18N2S. The Kier molecular flexibility index (Phi) is 3.48. The minimum absolute atomic E-state index is 0.916. The van der Waals surface area contributed by atoms with E-state index < -0.39 is 0 Å². The average Bonchev–Trinajstić information content (AvgIpc) is 2.69. The minimum atomic E-state index is 0.916. The summed E-state index contributed by atoms with van der Waals surface area (Å²) in [6.07, 6.45) is 1.93. The van der Waals surface area contributed by atoms with E-state index in [0.717, 1.165) is 11.7 Å². The molecule has 3 heteroatoms. The monoisotopic (exact) mass is 246 g/mol. The minimum Gasteiger partial charge on any atom is -0.347 e. The number of anilines is 1. The van der Waals surface area contributed by atoms with Crippen molar-refractivity contribution >= 4 is 16.5 Å². The number of aryl methyl sites for hydroxylation is 3. The Morgan fingerprint density at radius 3 is 2.59 bits per heavy atom. The zero-order chi connectivity index (χ0) is 12.4. The molecule has 2 aromatic rings.